The third-order valence-corrected chi connectivity index (χ3v) is 6.01. The zero-order chi connectivity index (χ0) is 23.1. The number of aromatic nitrogens is 6. The molecule has 5 rings (SSSR count). The molecule has 0 amide bonds. The van der Waals surface area contributed by atoms with Crippen molar-refractivity contribution < 1.29 is 4.39 Å². The molecule has 0 aliphatic rings. The van der Waals surface area contributed by atoms with E-state index < -0.39 is 17.4 Å². The minimum Gasteiger partial charge on any atom is -0.358 e. The molecule has 5 aromatic rings. The molecule has 1 unspecified atom stereocenters. The van der Waals surface area contributed by atoms with Crippen molar-refractivity contribution in [3.8, 4) is 5.69 Å². The summed E-state index contributed by atoms with van der Waals surface area (Å²) in [4.78, 5) is 33.9. The van der Waals surface area contributed by atoms with E-state index in [-0.39, 0.29) is 10.4 Å². The highest BCUT2D eigenvalue weighted by atomic mass is 35.5. The predicted molar refractivity (Wildman–Crippen MR) is 126 cm³/mol. The molecule has 8 nitrogen and oxygen atoms in total. The largest absolute Gasteiger partial charge is 0.358 e. The molecule has 0 saturated heterocycles. The van der Waals surface area contributed by atoms with Crippen molar-refractivity contribution in [3.63, 3.8) is 0 Å². The maximum absolute atomic E-state index is 13.9. The summed E-state index contributed by atoms with van der Waals surface area (Å²) in [6.45, 7) is 1.95. The molecule has 0 radical (unpaired) electrons. The minimum atomic E-state index is -0.525. The number of anilines is 1. The van der Waals surface area contributed by atoms with Crippen LogP contribution in [0.3, 0.4) is 0 Å². The first kappa shape index (κ1) is 21.3. The highest BCUT2D eigenvalue weighted by Crippen LogP contribution is 2.29. The highest BCUT2D eigenvalue weighted by Gasteiger charge is 2.22. The van der Waals surface area contributed by atoms with Gasteiger partial charge in [0.2, 0.25) is 0 Å². The number of halogens is 3. The lowest BCUT2D eigenvalue weighted by atomic mass is 10.1. The molecule has 1 atom stereocenters. The average molecular weight is 484 g/mol. The Kier molecular flexibility index (Phi) is 5.43. The Morgan fingerprint density at radius 1 is 1.12 bits per heavy atom. The third-order valence-electron chi connectivity index (χ3n) is 5.27. The number of nitrogens with zero attached hydrogens (tertiary/aromatic N) is 5. The molecular weight excluding hydrogens is 468 g/mol. The van der Waals surface area contributed by atoms with Crippen LogP contribution < -0.4 is 10.9 Å². The molecule has 3 aromatic heterocycles. The van der Waals surface area contributed by atoms with Crippen LogP contribution in [-0.4, -0.2) is 29.5 Å². The molecule has 166 valence electrons. The van der Waals surface area contributed by atoms with Crippen molar-refractivity contribution in [1.29, 1.82) is 0 Å². The Morgan fingerprint density at radius 2 is 1.97 bits per heavy atom. The lowest BCUT2D eigenvalue weighted by Crippen LogP contribution is -2.28. The van der Waals surface area contributed by atoms with Crippen LogP contribution in [0, 0.1) is 5.82 Å². The van der Waals surface area contributed by atoms with Crippen molar-refractivity contribution in [3.05, 3.63) is 81.1 Å². The Bertz CT molecular complexity index is 1570. The summed E-state index contributed by atoms with van der Waals surface area (Å²) in [5.74, 6) is 0.396. The van der Waals surface area contributed by atoms with E-state index in [1.165, 1.54) is 35.4 Å². The average Bonchev–Trinajstić information content (AvgIpc) is 3.29. The van der Waals surface area contributed by atoms with Crippen LogP contribution in [-0.2, 0) is 0 Å². The first-order valence-corrected chi connectivity index (χ1v) is 10.8. The minimum absolute atomic E-state index is 0.151. The molecule has 0 fully saturated rings. The van der Waals surface area contributed by atoms with Gasteiger partial charge in [0.05, 0.1) is 39.0 Å². The maximum Gasteiger partial charge on any atom is 0.266 e. The van der Waals surface area contributed by atoms with Crippen LogP contribution in [0.5, 0.6) is 0 Å². The molecular formula is C22H16Cl2FN7O. The first-order valence-electron chi connectivity index (χ1n) is 10.0. The first-order chi connectivity index (χ1) is 16.0. The summed E-state index contributed by atoms with van der Waals surface area (Å²) in [7, 11) is 0. The lowest BCUT2D eigenvalue weighted by molar-refractivity contribution is 0.628. The summed E-state index contributed by atoms with van der Waals surface area (Å²) in [5.41, 5.74) is 1.54. The standard InChI is InChI=1S/C22H16Cl2FN7O/c1-2-16(30-20-18-19(27-9-26-18)28-10-29-20)21-31-17-6-3-11(25)7-13(17)22(33)32(21)12-4-5-14(23)15(24)8-12/h3-10,16H,2H2,1H3,(H2,26,27,28,29,30). The monoisotopic (exact) mass is 483 g/mol. The van der Waals surface area contributed by atoms with Gasteiger partial charge in [0.15, 0.2) is 11.5 Å². The number of nitrogens with one attached hydrogen (secondary N) is 2. The molecule has 3 heterocycles. The molecule has 0 bridgehead atoms. The van der Waals surface area contributed by atoms with E-state index in [9.17, 15) is 9.18 Å². The van der Waals surface area contributed by atoms with E-state index in [1.54, 1.807) is 18.2 Å². The van der Waals surface area contributed by atoms with Gasteiger partial charge in [0.25, 0.3) is 5.56 Å². The van der Waals surface area contributed by atoms with Gasteiger partial charge < -0.3 is 10.3 Å². The number of imidazole rings is 1. The fraction of sp³-hybridized carbons (Fsp3) is 0.136. The van der Waals surface area contributed by atoms with Crippen LogP contribution in [0.1, 0.15) is 25.2 Å². The Labute approximate surface area is 196 Å². The quantitative estimate of drug-likeness (QED) is 0.362. The number of hydrogen-bond donors (Lipinski definition) is 2. The SMILES string of the molecule is CCC(Nc1ncnc2nc[nH]c12)c1nc2ccc(F)cc2c(=O)n1-c1ccc(Cl)c(Cl)c1. The fourth-order valence-electron chi connectivity index (χ4n) is 3.67. The second-order valence-corrected chi connectivity index (χ2v) is 8.11. The number of rotatable bonds is 5. The summed E-state index contributed by atoms with van der Waals surface area (Å²) in [6, 6.07) is 8.33. The molecule has 2 aromatic carbocycles. The predicted octanol–water partition coefficient (Wildman–Crippen LogP) is 5.06. The van der Waals surface area contributed by atoms with Crippen molar-refractivity contribution in [1.82, 2.24) is 29.5 Å². The molecule has 0 aliphatic carbocycles. The van der Waals surface area contributed by atoms with Gasteiger partial charge in [0.1, 0.15) is 23.5 Å². The van der Waals surface area contributed by atoms with E-state index >= 15 is 0 Å². The summed E-state index contributed by atoms with van der Waals surface area (Å²) in [5, 5.41) is 4.12. The van der Waals surface area contributed by atoms with Crippen molar-refractivity contribution in [2.24, 2.45) is 0 Å². The van der Waals surface area contributed by atoms with Crippen LogP contribution in [0.4, 0.5) is 10.2 Å². The van der Waals surface area contributed by atoms with Crippen LogP contribution in [0.15, 0.2) is 53.8 Å². The Hall–Kier alpha value is -3.56. The summed E-state index contributed by atoms with van der Waals surface area (Å²) >= 11 is 12.3. The number of H-pyrrole nitrogens is 1. The van der Waals surface area contributed by atoms with E-state index in [1.807, 2.05) is 6.92 Å². The zero-order valence-electron chi connectivity index (χ0n) is 17.2. The van der Waals surface area contributed by atoms with Gasteiger partial charge in [-0.15, -0.1) is 0 Å². The van der Waals surface area contributed by atoms with Crippen LogP contribution >= 0.6 is 23.2 Å². The molecule has 11 heteroatoms. The normalized spacial score (nSPS) is 12.4. The van der Waals surface area contributed by atoms with E-state index in [0.717, 1.165) is 0 Å². The second kappa shape index (κ2) is 8.42. The van der Waals surface area contributed by atoms with Gasteiger partial charge in [0, 0.05) is 0 Å². The number of fused-ring (bicyclic) bond motifs is 2. The maximum atomic E-state index is 13.9. The summed E-state index contributed by atoms with van der Waals surface area (Å²) in [6.07, 6.45) is 3.49. The highest BCUT2D eigenvalue weighted by molar-refractivity contribution is 6.42. The molecule has 0 saturated carbocycles. The van der Waals surface area contributed by atoms with Crippen molar-refractivity contribution >= 4 is 51.1 Å². The number of aromatic amines is 1. The van der Waals surface area contributed by atoms with Crippen molar-refractivity contribution in [2.75, 3.05) is 5.32 Å². The number of hydrogen-bond acceptors (Lipinski definition) is 6. The molecule has 33 heavy (non-hydrogen) atoms. The third kappa shape index (κ3) is 3.79. The van der Waals surface area contributed by atoms with E-state index in [0.29, 0.717) is 45.5 Å². The van der Waals surface area contributed by atoms with Gasteiger partial charge in [-0.25, -0.2) is 24.3 Å². The van der Waals surface area contributed by atoms with Gasteiger partial charge in [-0.3, -0.25) is 9.36 Å². The van der Waals surface area contributed by atoms with E-state index in [2.05, 4.69) is 25.3 Å². The van der Waals surface area contributed by atoms with E-state index in [4.69, 9.17) is 28.2 Å². The Morgan fingerprint density at radius 3 is 2.76 bits per heavy atom. The molecule has 0 spiro atoms. The fourth-order valence-corrected chi connectivity index (χ4v) is 3.96. The summed E-state index contributed by atoms with van der Waals surface area (Å²) < 4.78 is 15.4. The van der Waals surface area contributed by atoms with Crippen molar-refractivity contribution in [2.45, 2.75) is 19.4 Å². The smallest absolute Gasteiger partial charge is 0.266 e. The van der Waals surface area contributed by atoms with Gasteiger partial charge in [-0.05, 0) is 42.8 Å². The van der Waals surface area contributed by atoms with Gasteiger partial charge >= 0.3 is 0 Å². The second-order valence-electron chi connectivity index (χ2n) is 7.30. The van der Waals surface area contributed by atoms with Crippen LogP contribution in [0.2, 0.25) is 10.0 Å². The molecule has 0 aliphatic heterocycles. The van der Waals surface area contributed by atoms with Gasteiger partial charge in [-0.2, -0.15) is 0 Å². The molecule has 2 N–H and O–H groups in total. The number of benzene rings is 2. The topological polar surface area (TPSA) is 101 Å². The van der Waals surface area contributed by atoms with Crippen LogP contribution in [0.25, 0.3) is 27.8 Å². The Balaban J connectivity index is 1.74. The van der Waals surface area contributed by atoms with Gasteiger partial charge in [-0.1, -0.05) is 30.1 Å². The lowest BCUT2D eigenvalue weighted by Gasteiger charge is -2.22. The zero-order valence-corrected chi connectivity index (χ0v) is 18.7.